The van der Waals surface area contributed by atoms with Crippen molar-refractivity contribution in [3.05, 3.63) is 52.5 Å². The van der Waals surface area contributed by atoms with E-state index in [0.717, 1.165) is 0 Å². The minimum atomic E-state index is -0.277. The van der Waals surface area contributed by atoms with Crippen LogP contribution in [-0.2, 0) is 6.54 Å². The van der Waals surface area contributed by atoms with E-state index >= 15 is 0 Å². The summed E-state index contributed by atoms with van der Waals surface area (Å²) in [6.45, 7) is 8.56. The minimum Gasteiger partial charge on any atom is -0.354 e. The van der Waals surface area contributed by atoms with Crippen molar-refractivity contribution in [2.45, 2.75) is 40.3 Å². The van der Waals surface area contributed by atoms with Crippen LogP contribution in [0.3, 0.4) is 0 Å². The summed E-state index contributed by atoms with van der Waals surface area (Å²) in [5, 5.41) is 3.01. The summed E-state index contributed by atoms with van der Waals surface area (Å²) < 4.78 is 1.93. The van der Waals surface area contributed by atoms with Crippen LogP contribution in [0.25, 0.3) is 0 Å². The lowest BCUT2D eigenvalue weighted by molar-refractivity contribution is 0.0887. The number of aryl methyl sites for hydroxylation is 1. The topological polar surface area (TPSA) is 79.8 Å². The Morgan fingerprint density at radius 2 is 2.14 bits per heavy atom. The van der Waals surface area contributed by atoms with E-state index < -0.39 is 0 Å². The highest BCUT2D eigenvalue weighted by Gasteiger charge is 2.27. The third kappa shape index (κ3) is 4.07. The van der Waals surface area contributed by atoms with Gasteiger partial charge in [-0.1, -0.05) is 20.8 Å². The molecule has 2 N–H and O–H groups in total. The summed E-state index contributed by atoms with van der Waals surface area (Å²) in [7, 11) is 0. The lowest BCUT2D eigenvalue weighted by atomic mass is 9.86. The molecule has 22 heavy (non-hydrogen) atoms. The van der Waals surface area contributed by atoms with Crippen molar-refractivity contribution in [3.8, 4) is 0 Å². The van der Waals surface area contributed by atoms with Gasteiger partial charge in [-0.2, -0.15) is 0 Å². The van der Waals surface area contributed by atoms with E-state index in [-0.39, 0.29) is 28.5 Å². The smallest absolute Gasteiger partial charge is 0.268 e. The minimum absolute atomic E-state index is 0.0989. The van der Waals surface area contributed by atoms with Gasteiger partial charge >= 0.3 is 0 Å². The Morgan fingerprint density at radius 1 is 1.41 bits per heavy atom. The average molecular weight is 302 g/mol. The molecule has 1 unspecified atom stereocenters. The maximum Gasteiger partial charge on any atom is 0.268 e. The first-order valence-electron chi connectivity index (χ1n) is 7.23. The fourth-order valence-corrected chi connectivity index (χ4v) is 2.18. The molecule has 2 heterocycles. The molecule has 2 rings (SSSR count). The molecule has 0 fully saturated rings. The predicted molar refractivity (Wildman–Crippen MR) is 84.7 cm³/mol. The van der Waals surface area contributed by atoms with Gasteiger partial charge in [-0.25, -0.2) is 4.98 Å². The molecular weight excluding hydrogens is 280 g/mol. The van der Waals surface area contributed by atoms with Crippen molar-refractivity contribution in [2.24, 2.45) is 5.41 Å². The molecule has 0 aliphatic heterocycles. The van der Waals surface area contributed by atoms with E-state index in [9.17, 15) is 9.59 Å². The number of H-pyrrole nitrogens is 1. The Morgan fingerprint density at radius 3 is 2.68 bits per heavy atom. The average Bonchev–Trinajstić information content (AvgIpc) is 2.88. The van der Waals surface area contributed by atoms with Crippen LogP contribution in [0.2, 0.25) is 0 Å². The normalized spacial score (nSPS) is 12.9. The van der Waals surface area contributed by atoms with Gasteiger partial charge in [-0.05, 0) is 12.3 Å². The molecule has 0 saturated heterocycles. The Bertz CT molecular complexity index is 696. The quantitative estimate of drug-likeness (QED) is 0.902. The lowest BCUT2D eigenvalue weighted by Gasteiger charge is -2.31. The zero-order chi connectivity index (χ0) is 16.3. The number of rotatable bonds is 4. The van der Waals surface area contributed by atoms with Gasteiger partial charge in [0.05, 0.1) is 12.4 Å². The Balaban J connectivity index is 2.19. The summed E-state index contributed by atoms with van der Waals surface area (Å²) in [4.78, 5) is 30.9. The van der Waals surface area contributed by atoms with Gasteiger partial charge in [0.25, 0.3) is 5.91 Å². The molecule has 0 aliphatic rings. The van der Waals surface area contributed by atoms with E-state index in [2.05, 4.69) is 36.1 Å². The number of carbonyl (C=O) groups excluding carboxylic acids is 1. The Kier molecular flexibility index (Phi) is 4.49. The highest BCUT2D eigenvalue weighted by molar-refractivity contribution is 5.92. The standard InChI is InChI=1S/C16H22N4O2/c1-11-7-12(21)8-13(18-11)15(22)19-14(16(2,3)4)9-20-6-5-17-10-20/h5-8,10,14H,9H2,1-4H3,(H,18,21)(H,19,22). The summed E-state index contributed by atoms with van der Waals surface area (Å²) in [6, 6.07) is 2.68. The van der Waals surface area contributed by atoms with Crippen molar-refractivity contribution in [3.63, 3.8) is 0 Å². The van der Waals surface area contributed by atoms with Crippen molar-refractivity contribution >= 4 is 5.91 Å². The van der Waals surface area contributed by atoms with E-state index in [0.29, 0.717) is 12.2 Å². The molecule has 118 valence electrons. The predicted octanol–water partition coefficient (Wildman–Crippen LogP) is 1.72. The molecule has 2 aromatic heterocycles. The number of carbonyl (C=O) groups is 1. The van der Waals surface area contributed by atoms with E-state index in [1.807, 2.05) is 10.8 Å². The van der Waals surface area contributed by atoms with E-state index in [1.54, 1.807) is 19.4 Å². The van der Waals surface area contributed by atoms with Gasteiger partial charge in [0.2, 0.25) is 0 Å². The second-order valence-corrected chi connectivity index (χ2v) is 6.56. The molecule has 6 nitrogen and oxygen atoms in total. The van der Waals surface area contributed by atoms with Gasteiger partial charge in [-0.15, -0.1) is 0 Å². The largest absolute Gasteiger partial charge is 0.354 e. The van der Waals surface area contributed by atoms with Gasteiger partial charge in [-0.3, -0.25) is 9.59 Å². The summed E-state index contributed by atoms with van der Waals surface area (Å²) in [6.07, 6.45) is 5.29. The highest BCUT2D eigenvalue weighted by atomic mass is 16.2. The number of pyridine rings is 1. The fourth-order valence-electron chi connectivity index (χ4n) is 2.18. The van der Waals surface area contributed by atoms with Crippen LogP contribution in [0.4, 0.5) is 0 Å². The number of aromatic amines is 1. The van der Waals surface area contributed by atoms with E-state index in [1.165, 1.54) is 12.1 Å². The van der Waals surface area contributed by atoms with Crippen LogP contribution in [0, 0.1) is 12.3 Å². The number of amides is 1. The first-order chi connectivity index (χ1) is 10.3. The van der Waals surface area contributed by atoms with Crippen LogP contribution in [0.1, 0.15) is 37.0 Å². The third-order valence-corrected chi connectivity index (χ3v) is 3.53. The second-order valence-electron chi connectivity index (χ2n) is 6.56. The monoisotopic (exact) mass is 302 g/mol. The zero-order valence-electron chi connectivity index (χ0n) is 13.4. The summed E-state index contributed by atoms with van der Waals surface area (Å²) in [5.74, 6) is -0.277. The number of nitrogens with one attached hydrogen (secondary N) is 2. The molecule has 0 aromatic carbocycles. The third-order valence-electron chi connectivity index (χ3n) is 3.53. The number of hydrogen-bond acceptors (Lipinski definition) is 3. The molecule has 0 bridgehead atoms. The molecule has 2 aromatic rings. The van der Waals surface area contributed by atoms with Crippen molar-refractivity contribution < 1.29 is 4.79 Å². The fraction of sp³-hybridized carbons (Fsp3) is 0.438. The lowest BCUT2D eigenvalue weighted by Crippen LogP contribution is -2.46. The number of hydrogen-bond donors (Lipinski definition) is 2. The van der Waals surface area contributed by atoms with E-state index in [4.69, 9.17) is 0 Å². The summed E-state index contributed by atoms with van der Waals surface area (Å²) in [5.41, 5.74) is 0.636. The van der Waals surface area contributed by atoms with Crippen LogP contribution in [0.15, 0.2) is 35.6 Å². The van der Waals surface area contributed by atoms with Gasteiger partial charge in [0, 0.05) is 36.8 Å². The van der Waals surface area contributed by atoms with Crippen LogP contribution < -0.4 is 10.7 Å². The van der Waals surface area contributed by atoms with Crippen molar-refractivity contribution in [1.29, 1.82) is 0 Å². The summed E-state index contributed by atoms with van der Waals surface area (Å²) >= 11 is 0. The molecule has 6 heteroatoms. The molecule has 1 atom stereocenters. The maximum absolute atomic E-state index is 12.4. The maximum atomic E-state index is 12.4. The van der Waals surface area contributed by atoms with Gasteiger partial charge < -0.3 is 14.9 Å². The molecule has 0 spiro atoms. The first-order valence-corrected chi connectivity index (χ1v) is 7.23. The SMILES string of the molecule is Cc1cc(=O)cc(C(=O)NC(Cn2ccnc2)C(C)(C)C)[nH]1. The van der Waals surface area contributed by atoms with Gasteiger partial charge in [0.1, 0.15) is 5.69 Å². The van der Waals surface area contributed by atoms with Crippen molar-refractivity contribution in [1.82, 2.24) is 19.9 Å². The second kappa shape index (κ2) is 6.17. The molecule has 0 saturated carbocycles. The molecule has 1 amide bonds. The molecule has 0 radical (unpaired) electrons. The molecular formula is C16H22N4O2. The van der Waals surface area contributed by atoms with Crippen LogP contribution >= 0.6 is 0 Å². The first kappa shape index (κ1) is 16.0. The highest BCUT2D eigenvalue weighted by Crippen LogP contribution is 2.21. The number of aromatic nitrogens is 3. The van der Waals surface area contributed by atoms with Gasteiger partial charge in [0.15, 0.2) is 5.43 Å². The number of imidazole rings is 1. The number of nitrogens with zero attached hydrogens (tertiary/aromatic N) is 2. The van der Waals surface area contributed by atoms with Crippen molar-refractivity contribution in [2.75, 3.05) is 0 Å². The van der Waals surface area contributed by atoms with Crippen LogP contribution in [0.5, 0.6) is 0 Å². The Labute approximate surface area is 129 Å². The zero-order valence-corrected chi connectivity index (χ0v) is 13.4. The Hall–Kier alpha value is -2.37. The van der Waals surface area contributed by atoms with Crippen LogP contribution in [-0.4, -0.2) is 26.5 Å². The molecule has 0 aliphatic carbocycles.